The molecule has 1 unspecified atom stereocenters. The molecule has 1 fully saturated rings. The first-order valence-corrected chi connectivity index (χ1v) is 10.4. The van der Waals surface area contributed by atoms with Gasteiger partial charge in [0, 0.05) is 43.4 Å². The molecule has 0 spiro atoms. The smallest absolute Gasteiger partial charge is 0.104 e. The van der Waals surface area contributed by atoms with Gasteiger partial charge in [-0.05, 0) is 66.8 Å². The maximum Gasteiger partial charge on any atom is 0.104 e. The average molecular weight is 357 g/mol. The number of benzene rings is 1. The molecule has 134 valence electrons. The highest BCUT2D eigenvalue weighted by molar-refractivity contribution is 7.10. The molecular weight excluding hydrogens is 328 g/mol. The second kappa shape index (κ2) is 7.90. The van der Waals surface area contributed by atoms with Crippen LogP contribution >= 0.6 is 11.3 Å². The zero-order valence-electron chi connectivity index (χ0n) is 15.0. The van der Waals surface area contributed by atoms with Crippen molar-refractivity contribution in [3.8, 4) is 0 Å². The van der Waals surface area contributed by atoms with Crippen LogP contribution in [0.3, 0.4) is 0 Å². The molecule has 0 radical (unpaired) electrons. The number of anilines is 1. The van der Waals surface area contributed by atoms with Crippen LogP contribution in [0.25, 0.3) is 0 Å². The SMILES string of the molecule is COC(CNC1CCN(c2ccc3c(c2)CCC3)CC1)c1cccs1. The molecule has 2 heterocycles. The molecule has 1 saturated heterocycles. The number of methoxy groups -OCH3 is 1. The lowest BCUT2D eigenvalue weighted by Gasteiger charge is -2.35. The van der Waals surface area contributed by atoms with E-state index in [-0.39, 0.29) is 6.10 Å². The summed E-state index contributed by atoms with van der Waals surface area (Å²) >= 11 is 1.78. The Morgan fingerprint density at radius 1 is 1.20 bits per heavy atom. The summed E-state index contributed by atoms with van der Waals surface area (Å²) < 4.78 is 5.66. The molecular formula is C21H28N2OS. The molecule has 4 heteroatoms. The first-order chi connectivity index (χ1) is 12.3. The Kier molecular flexibility index (Phi) is 5.39. The van der Waals surface area contributed by atoms with E-state index in [2.05, 4.69) is 45.9 Å². The maximum absolute atomic E-state index is 5.66. The van der Waals surface area contributed by atoms with Crippen molar-refractivity contribution in [2.24, 2.45) is 0 Å². The number of nitrogens with zero attached hydrogens (tertiary/aromatic N) is 1. The first-order valence-electron chi connectivity index (χ1n) is 9.50. The van der Waals surface area contributed by atoms with Gasteiger partial charge in [-0.2, -0.15) is 0 Å². The summed E-state index contributed by atoms with van der Waals surface area (Å²) in [6, 6.07) is 12.0. The maximum atomic E-state index is 5.66. The van der Waals surface area contributed by atoms with Gasteiger partial charge in [0.2, 0.25) is 0 Å². The van der Waals surface area contributed by atoms with Gasteiger partial charge in [-0.15, -0.1) is 11.3 Å². The third kappa shape index (κ3) is 3.91. The van der Waals surface area contributed by atoms with Gasteiger partial charge in [0.25, 0.3) is 0 Å². The molecule has 0 bridgehead atoms. The lowest BCUT2D eigenvalue weighted by Crippen LogP contribution is -2.43. The largest absolute Gasteiger partial charge is 0.375 e. The van der Waals surface area contributed by atoms with Gasteiger partial charge in [-0.3, -0.25) is 0 Å². The number of piperidine rings is 1. The lowest BCUT2D eigenvalue weighted by molar-refractivity contribution is 0.101. The van der Waals surface area contributed by atoms with Gasteiger partial charge >= 0.3 is 0 Å². The lowest BCUT2D eigenvalue weighted by atomic mass is 10.0. The first kappa shape index (κ1) is 17.1. The van der Waals surface area contributed by atoms with Gasteiger partial charge < -0.3 is 15.0 Å². The molecule has 0 saturated carbocycles. The van der Waals surface area contributed by atoms with Crippen molar-refractivity contribution >= 4 is 17.0 Å². The van der Waals surface area contributed by atoms with E-state index in [0.29, 0.717) is 6.04 Å². The summed E-state index contributed by atoms with van der Waals surface area (Å²) in [7, 11) is 1.81. The predicted octanol–water partition coefficient (Wildman–Crippen LogP) is 4.18. The molecule has 1 atom stereocenters. The number of hydrogen-bond acceptors (Lipinski definition) is 4. The molecule has 2 aliphatic rings. The molecule has 3 nitrogen and oxygen atoms in total. The highest BCUT2D eigenvalue weighted by Crippen LogP contribution is 2.28. The normalized spacial score (nSPS) is 19.2. The second-order valence-corrected chi connectivity index (χ2v) is 8.20. The van der Waals surface area contributed by atoms with Crippen LogP contribution in [-0.2, 0) is 17.6 Å². The van der Waals surface area contributed by atoms with E-state index in [9.17, 15) is 0 Å². The van der Waals surface area contributed by atoms with Crippen molar-refractivity contribution in [1.29, 1.82) is 0 Å². The van der Waals surface area contributed by atoms with Crippen molar-refractivity contribution in [1.82, 2.24) is 5.32 Å². The average Bonchev–Trinajstić information content (AvgIpc) is 3.34. The molecule has 25 heavy (non-hydrogen) atoms. The number of nitrogens with one attached hydrogen (secondary N) is 1. The fourth-order valence-corrected chi connectivity index (χ4v) is 4.95. The highest BCUT2D eigenvalue weighted by Gasteiger charge is 2.22. The predicted molar refractivity (Wildman–Crippen MR) is 106 cm³/mol. The third-order valence-electron chi connectivity index (χ3n) is 5.68. The number of hydrogen-bond donors (Lipinski definition) is 1. The monoisotopic (exact) mass is 356 g/mol. The number of aryl methyl sites for hydroxylation is 2. The summed E-state index contributed by atoms with van der Waals surface area (Å²) in [5.74, 6) is 0. The van der Waals surface area contributed by atoms with Crippen molar-refractivity contribution in [2.45, 2.75) is 44.2 Å². The summed E-state index contributed by atoms with van der Waals surface area (Å²) in [6.45, 7) is 3.20. The van der Waals surface area contributed by atoms with Gasteiger partial charge in [0.05, 0.1) is 0 Å². The van der Waals surface area contributed by atoms with Crippen LogP contribution < -0.4 is 10.2 Å². The van der Waals surface area contributed by atoms with E-state index < -0.39 is 0 Å². The molecule has 1 aromatic carbocycles. The summed E-state index contributed by atoms with van der Waals surface area (Å²) in [4.78, 5) is 3.87. The Hall–Kier alpha value is -1.36. The van der Waals surface area contributed by atoms with Crippen molar-refractivity contribution in [3.63, 3.8) is 0 Å². The molecule has 2 aromatic rings. The number of thiophene rings is 1. The van der Waals surface area contributed by atoms with Crippen molar-refractivity contribution in [2.75, 3.05) is 31.6 Å². The van der Waals surface area contributed by atoms with Crippen LogP contribution in [-0.4, -0.2) is 32.8 Å². The van der Waals surface area contributed by atoms with E-state index in [1.165, 1.54) is 42.7 Å². The molecule has 1 N–H and O–H groups in total. The molecule has 1 aromatic heterocycles. The molecule has 4 rings (SSSR count). The fraction of sp³-hybridized carbons (Fsp3) is 0.524. The third-order valence-corrected chi connectivity index (χ3v) is 6.64. The van der Waals surface area contributed by atoms with Crippen LogP contribution in [0.1, 0.15) is 41.4 Å². The minimum atomic E-state index is 0.176. The van der Waals surface area contributed by atoms with Crippen LogP contribution in [0, 0.1) is 0 Å². The van der Waals surface area contributed by atoms with E-state index in [4.69, 9.17) is 4.74 Å². The number of rotatable bonds is 6. The Morgan fingerprint density at radius 2 is 2.04 bits per heavy atom. The van der Waals surface area contributed by atoms with E-state index in [1.807, 2.05) is 7.11 Å². The number of ether oxygens (including phenoxy) is 1. The van der Waals surface area contributed by atoms with Gasteiger partial charge in [-0.25, -0.2) is 0 Å². The summed E-state index contributed by atoms with van der Waals surface area (Å²) in [5.41, 5.74) is 4.57. The van der Waals surface area contributed by atoms with Crippen LogP contribution in [0.2, 0.25) is 0 Å². The van der Waals surface area contributed by atoms with Crippen molar-refractivity contribution < 1.29 is 4.74 Å². The van der Waals surface area contributed by atoms with E-state index in [1.54, 1.807) is 22.5 Å². The van der Waals surface area contributed by atoms with Gasteiger partial charge in [0.1, 0.15) is 6.10 Å². The van der Waals surface area contributed by atoms with E-state index in [0.717, 1.165) is 19.6 Å². The Labute approximate surface area is 155 Å². The molecule has 0 amide bonds. The zero-order valence-corrected chi connectivity index (χ0v) is 15.9. The topological polar surface area (TPSA) is 24.5 Å². The Morgan fingerprint density at radius 3 is 2.80 bits per heavy atom. The second-order valence-electron chi connectivity index (χ2n) is 7.22. The Bertz CT molecular complexity index is 677. The summed E-state index contributed by atoms with van der Waals surface area (Å²) in [6.07, 6.45) is 6.45. The van der Waals surface area contributed by atoms with Crippen LogP contribution in [0.15, 0.2) is 35.7 Å². The van der Waals surface area contributed by atoms with Gasteiger partial charge in [0.15, 0.2) is 0 Å². The van der Waals surface area contributed by atoms with E-state index >= 15 is 0 Å². The standard InChI is InChI=1S/C21H28N2OS/c1-24-20(21-6-3-13-25-21)15-22-18-9-11-23(12-10-18)19-8-7-16-4-2-5-17(16)14-19/h3,6-8,13-14,18,20,22H,2,4-5,9-12,15H2,1H3. The zero-order chi connectivity index (χ0) is 17.1. The van der Waals surface area contributed by atoms with Crippen molar-refractivity contribution in [3.05, 3.63) is 51.7 Å². The van der Waals surface area contributed by atoms with Gasteiger partial charge in [-0.1, -0.05) is 12.1 Å². The number of fused-ring (bicyclic) bond motifs is 1. The molecule has 1 aliphatic carbocycles. The summed E-state index contributed by atoms with van der Waals surface area (Å²) in [5, 5.41) is 5.85. The van der Waals surface area contributed by atoms with Crippen LogP contribution in [0.5, 0.6) is 0 Å². The quantitative estimate of drug-likeness (QED) is 0.840. The minimum absolute atomic E-state index is 0.176. The highest BCUT2D eigenvalue weighted by atomic mass is 32.1. The minimum Gasteiger partial charge on any atom is -0.375 e. The molecule has 1 aliphatic heterocycles. The Balaban J connectivity index is 1.28. The van der Waals surface area contributed by atoms with Crippen LogP contribution in [0.4, 0.5) is 5.69 Å². The fourth-order valence-electron chi connectivity index (χ4n) is 4.15.